The van der Waals surface area contributed by atoms with Crippen molar-refractivity contribution < 1.29 is 0 Å². The largest absolute Gasteiger partial charge is 0.0622 e. The summed E-state index contributed by atoms with van der Waals surface area (Å²) in [5.41, 5.74) is 3.01. The molecule has 37 heavy (non-hydrogen) atoms. The van der Waals surface area contributed by atoms with E-state index in [-0.39, 0.29) is 0 Å². The molecule has 0 amide bonds. The summed E-state index contributed by atoms with van der Waals surface area (Å²) in [4.78, 5) is 0. The molecule has 0 radical (unpaired) electrons. The van der Waals surface area contributed by atoms with Gasteiger partial charge in [-0.15, -0.1) is 0 Å². The fraction of sp³-hybridized carbons (Fsp3) is 1.00. The third-order valence-electron chi connectivity index (χ3n) is 17.1. The second-order valence-corrected chi connectivity index (χ2v) is 18.6. The molecule has 0 aliphatic heterocycles. The van der Waals surface area contributed by atoms with Crippen LogP contribution in [0.1, 0.15) is 155 Å². The molecule has 0 aromatic rings. The van der Waals surface area contributed by atoms with Crippen molar-refractivity contribution in [2.45, 2.75) is 155 Å². The summed E-state index contributed by atoms with van der Waals surface area (Å²) in [5, 5.41) is 0. The molecule has 0 aromatic heterocycles. The van der Waals surface area contributed by atoms with Crippen molar-refractivity contribution in [3.63, 3.8) is 0 Å². The van der Waals surface area contributed by atoms with Crippen LogP contribution in [0.2, 0.25) is 0 Å². The first kappa shape index (κ1) is 30.0. The van der Waals surface area contributed by atoms with Gasteiger partial charge in [0, 0.05) is 0 Å². The molecule has 216 valence electrons. The minimum atomic E-state index is 0.390. The molecule has 4 fully saturated rings. The number of hydrogen-bond donors (Lipinski definition) is 0. The van der Waals surface area contributed by atoms with E-state index >= 15 is 0 Å². The standard InChI is InChI=1S/C37H68/c1-24(16-17-25(2)31(6,7)8)29-22-27(4)36(14)33(29,11)20-21-35(13)34(12)19-18-26(3)32(9,10)30(34)23-28(5)37(35,36)15/h24-30H,16-23H2,1-15H3/t24?,25?,26?,27?,28?,29?,30?,33-,34+,35?,36?,37?/m1/s1. The van der Waals surface area contributed by atoms with Gasteiger partial charge in [0.15, 0.2) is 0 Å². The summed E-state index contributed by atoms with van der Waals surface area (Å²) in [6, 6.07) is 0. The van der Waals surface area contributed by atoms with Crippen LogP contribution in [-0.4, -0.2) is 0 Å². The predicted molar refractivity (Wildman–Crippen MR) is 164 cm³/mol. The van der Waals surface area contributed by atoms with Gasteiger partial charge in [-0.25, -0.2) is 0 Å². The monoisotopic (exact) mass is 513 g/mol. The maximum absolute atomic E-state index is 2.84. The Hall–Kier alpha value is 0. The average molecular weight is 513 g/mol. The zero-order valence-corrected chi connectivity index (χ0v) is 28.2. The van der Waals surface area contributed by atoms with Crippen molar-refractivity contribution in [3.05, 3.63) is 0 Å². The Morgan fingerprint density at radius 3 is 1.81 bits per heavy atom. The zero-order chi connectivity index (χ0) is 28.2. The van der Waals surface area contributed by atoms with Crippen LogP contribution in [0, 0.1) is 79.3 Å². The lowest BCUT2D eigenvalue weighted by molar-refractivity contribution is -0.310. The van der Waals surface area contributed by atoms with E-state index in [1.165, 1.54) is 51.4 Å². The number of fused-ring (bicyclic) bond motifs is 5. The molecule has 0 saturated heterocycles. The summed E-state index contributed by atoms with van der Waals surface area (Å²) in [6.45, 7) is 39.8. The van der Waals surface area contributed by atoms with Crippen molar-refractivity contribution in [1.82, 2.24) is 0 Å². The van der Waals surface area contributed by atoms with Crippen LogP contribution in [0.25, 0.3) is 0 Å². The first-order valence-corrected chi connectivity index (χ1v) is 16.7. The molecule has 12 atom stereocenters. The predicted octanol–water partition coefficient (Wildman–Crippen LogP) is 11.7. The van der Waals surface area contributed by atoms with Crippen LogP contribution in [0.5, 0.6) is 0 Å². The Morgan fingerprint density at radius 1 is 0.676 bits per heavy atom. The van der Waals surface area contributed by atoms with Crippen LogP contribution in [0.3, 0.4) is 0 Å². The fourth-order valence-corrected chi connectivity index (χ4v) is 12.7. The SMILES string of the molecule is CC(CCC(C)C(C)(C)C)C1CC(C)C2(C)C3(C)C(C)CC4C(C)(C)C(C)CC[C@]4(C)C3(C)CC[C@]12C. The second kappa shape index (κ2) is 8.75. The Morgan fingerprint density at radius 2 is 1.24 bits per heavy atom. The maximum Gasteiger partial charge on any atom is -0.0179 e. The molecule has 0 N–H and O–H groups in total. The van der Waals surface area contributed by atoms with E-state index in [0.717, 1.165) is 41.4 Å². The Labute approximate surface area is 234 Å². The van der Waals surface area contributed by atoms with Gasteiger partial charge in [-0.05, 0) is 124 Å². The third kappa shape index (κ3) is 3.57. The topological polar surface area (TPSA) is 0 Å². The summed E-state index contributed by atoms with van der Waals surface area (Å²) < 4.78 is 0. The fourth-order valence-electron chi connectivity index (χ4n) is 12.7. The molecule has 10 unspecified atom stereocenters. The van der Waals surface area contributed by atoms with Gasteiger partial charge < -0.3 is 0 Å². The van der Waals surface area contributed by atoms with Crippen LogP contribution < -0.4 is 0 Å². The maximum atomic E-state index is 2.84. The summed E-state index contributed by atoms with van der Waals surface area (Å²) >= 11 is 0. The van der Waals surface area contributed by atoms with Crippen LogP contribution in [-0.2, 0) is 0 Å². The highest BCUT2D eigenvalue weighted by Gasteiger charge is 2.78. The highest BCUT2D eigenvalue weighted by molar-refractivity contribution is 5.26. The minimum absolute atomic E-state index is 0.390. The van der Waals surface area contributed by atoms with Gasteiger partial charge in [-0.2, -0.15) is 0 Å². The van der Waals surface area contributed by atoms with Gasteiger partial charge in [0.1, 0.15) is 0 Å². The van der Waals surface area contributed by atoms with Gasteiger partial charge in [-0.3, -0.25) is 0 Å². The Balaban J connectivity index is 1.74. The molecule has 0 aromatic carbocycles. The smallest absolute Gasteiger partial charge is 0.0179 e. The van der Waals surface area contributed by atoms with E-state index in [1.807, 2.05) is 0 Å². The van der Waals surface area contributed by atoms with E-state index in [0.29, 0.717) is 37.9 Å². The van der Waals surface area contributed by atoms with Crippen molar-refractivity contribution in [2.24, 2.45) is 79.3 Å². The van der Waals surface area contributed by atoms with E-state index in [1.54, 1.807) is 0 Å². The van der Waals surface area contributed by atoms with Gasteiger partial charge in [-0.1, -0.05) is 110 Å². The van der Waals surface area contributed by atoms with E-state index in [2.05, 4.69) is 104 Å². The lowest BCUT2D eigenvalue weighted by Gasteiger charge is -2.79. The van der Waals surface area contributed by atoms with Crippen molar-refractivity contribution in [2.75, 3.05) is 0 Å². The summed E-state index contributed by atoms with van der Waals surface area (Å²) in [6.07, 6.45) is 11.5. The highest BCUT2D eigenvalue weighted by atomic mass is 14.8. The quantitative estimate of drug-likeness (QED) is 0.351. The van der Waals surface area contributed by atoms with Crippen LogP contribution in [0.15, 0.2) is 0 Å². The molecule has 4 rings (SSSR count). The van der Waals surface area contributed by atoms with Crippen molar-refractivity contribution >= 4 is 0 Å². The molecule has 0 spiro atoms. The van der Waals surface area contributed by atoms with Gasteiger partial charge in [0.05, 0.1) is 0 Å². The molecule has 0 heteroatoms. The van der Waals surface area contributed by atoms with Crippen LogP contribution in [0.4, 0.5) is 0 Å². The van der Waals surface area contributed by atoms with Gasteiger partial charge >= 0.3 is 0 Å². The molecular formula is C37H68. The van der Waals surface area contributed by atoms with Crippen molar-refractivity contribution in [1.29, 1.82) is 0 Å². The Bertz CT molecular complexity index is 860. The van der Waals surface area contributed by atoms with E-state index in [4.69, 9.17) is 0 Å². The average Bonchev–Trinajstić information content (AvgIpc) is 3.01. The first-order chi connectivity index (χ1) is 16.7. The number of rotatable bonds is 4. The molecule has 4 saturated carbocycles. The first-order valence-electron chi connectivity index (χ1n) is 16.7. The molecule has 4 aliphatic carbocycles. The minimum Gasteiger partial charge on any atom is -0.0622 e. The Kier molecular flexibility index (Phi) is 7.09. The second-order valence-electron chi connectivity index (χ2n) is 18.6. The third-order valence-corrected chi connectivity index (χ3v) is 17.1. The lowest BCUT2D eigenvalue weighted by atomic mass is 9.25. The molecular weight excluding hydrogens is 444 g/mol. The lowest BCUT2D eigenvalue weighted by Crippen LogP contribution is -2.73. The summed E-state index contributed by atoms with van der Waals surface area (Å²) in [5.74, 6) is 5.82. The molecule has 0 heterocycles. The van der Waals surface area contributed by atoms with Gasteiger partial charge in [0.2, 0.25) is 0 Å². The van der Waals surface area contributed by atoms with Crippen molar-refractivity contribution in [3.8, 4) is 0 Å². The molecule has 0 nitrogen and oxygen atoms in total. The van der Waals surface area contributed by atoms with E-state index in [9.17, 15) is 0 Å². The normalized spacial score (nSPS) is 53.1. The number of hydrogen-bond acceptors (Lipinski definition) is 0. The highest BCUT2D eigenvalue weighted by Crippen LogP contribution is 2.85. The molecule has 4 aliphatic rings. The van der Waals surface area contributed by atoms with E-state index < -0.39 is 0 Å². The van der Waals surface area contributed by atoms with Gasteiger partial charge in [0.25, 0.3) is 0 Å². The summed E-state index contributed by atoms with van der Waals surface area (Å²) in [7, 11) is 0. The van der Waals surface area contributed by atoms with Crippen LogP contribution >= 0.6 is 0 Å². The molecule has 0 bridgehead atoms. The zero-order valence-electron chi connectivity index (χ0n) is 28.2.